The number of aryl methyl sites for hydroxylation is 1. The Hall–Kier alpha value is -2.87. The Bertz CT molecular complexity index is 925. The highest BCUT2D eigenvalue weighted by molar-refractivity contribution is 7.99. The van der Waals surface area contributed by atoms with E-state index in [2.05, 4.69) is 20.8 Å². The fourth-order valence-electron chi connectivity index (χ4n) is 2.41. The second-order valence-electron chi connectivity index (χ2n) is 5.66. The van der Waals surface area contributed by atoms with Gasteiger partial charge < -0.3 is 10.1 Å². The highest BCUT2D eigenvalue weighted by Crippen LogP contribution is 2.23. The number of nitrogens with zero attached hydrogens (tertiary/aromatic N) is 4. The van der Waals surface area contributed by atoms with Crippen LogP contribution in [-0.2, 0) is 4.79 Å². The molecule has 26 heavy (non-hydrogen) atoms. The first kappa shape index (κ1) is 17.9. The van der Waals surface area contributed by atoms with Crippen LogP contribution in [0, 0.1) is 13.8 Å². The van der Waals surface area contributed by atoms with Gasteiger partial charge in [-0.25, -0.2) is 0 Å². The zero-order valence-corrected chi connectivity index (χ0v) is 15.6. The lowest BCUT2D eigenvalue weighted by Crippen LogP contribution is -2.14. The molecule has 0 aliphatic rings. The Labute approximate surface area is 155 Å². The van der Waals surface area contributed by atoms with Gasteiger partial charge >= 0.3 is 0 Å². The van der Waals surface area contributed by atoms with E-state index >= 15 is 0 Å². The number of hydrogen-bond acceptors (Lipinski definition) is 6. The van der Waals surface area contributed by atoms with Crippen LogP contribution >= 0.6 is 11.8 Å². The van der Waals surface area contributed by atoms with Crippen LogP contribution in [0.25, 0.3) is 5.69 Å². The van der Waals surface area contributed by atoms with Crippen molar-refractivity contribution in [2.24, 2.45) is 0 Å². The van der Waals surface area contributed by atoms with Gasteiger partial charge in [0.2, 0.25) is 11.1 Å². The fourth-order valence-corrected chi connectivity index (χ4v) is 3.10. The van der Waals surface area contributed by atoms with Crippen LogP contribution in [0.15, 0.2) is 47.6 Å². The molecule has 1 amide bonds. The standard InChI is InChI=1S/C18H19N5O2S/c1-12-6-4-9-16(13(12)2)23-18(20-21-22-23)26-11-17(24)19-14-7-5-8-15(10-14)25-3/h4-10H,11H2,1-3H3,(H,19,24). The number of thioether (sulfide) groups is 1. The summed E-state index contributed by atoms with van der Waals surface area (Å²) in [5.41, 5.74) is 3.85. The highest BCUT2D eigenvalue weighted by Gasteiger charge is 2.14. The van der Waals surface area contributed by atoms with Gasteiger partial charge in [-0.3, -0.25) is 4.79 Å². The molecule has 0 unspecified atom stereocenters. The molecular weight excluding hydrogens is 350 g/mol. The maximum absolute atomic E-state index is 12.2. The van der Waals surface area contributed by atoms with Crippen molar-refractivity contribution in [3.05, 3.63) is 53.6 Å². The number of aromatic nitrogens is 4. The number of amides is 1. The smallest absolute Gasteiger partial charge is 0.234 e. The summed E-state index contributed by atoms with van der Waals surface area (Å²) in [6.45, 7) is 4.06. The average Bonchev–Trinajstić information content (AvgIpc) is 3.11. The Kier molecular flexibility index (Phi) is 5.52. The summed E-state index contributed by atoms with van der Waals surface area (Å²) in [4.78, 5) is 12.2. The predicted molar refractivity (Wildman–Crippen MR) is 101 cm³/mol. The molecule has 0 aliphatic carbocycles. The first-order valence-corrected chi connectivity index (χ1v) is 8.98. The number of benzene rings is 2. The van der Waals surface area contributed by atoms with Crippen molar-refractivity contribution in [3.8, 4) is 11.4 Å². The summed E-state index contributed by atoms with van der Waals surface area (Å²) in [6.07, 6.45) is 0. The molecule has 134 valence electrons. The van der Waals surface area contributed by atoms with Gasteiger partial charge in [-0.1, -0.05) is 30.0 Å². The lowest BCUT2D eigenvalue weighted by Gasteiger charge is -2.10. The molecule has 8 heteroatoms. The quantitative estimate of drug-likeness (QED) is 0.673. The van der Waals surface area contributed by atoms with E-state index in [9.17, 15) is 4.79 Å². The largest absolute Gasteiger partial charge is 0.497 e. The van der Waals surface area contributed by atoms with Crippen molar-refractivity contribution >= 4 is 23.4 Å². The van der Waals surface area contributed by atoms with E-state index in [1.807, 2.05) is 50.2 Å². The van der Waals surface area contributed by atoms with Gasteiger partial charge in [0.25, 0.3) is 0 Å². The Morgan fingerprint density at radius 1 is 1.23 bits per heavy atom. The van der Waals surface area contributed by atoms with Crippen LogP contribution in [0.5, 0.6) is 5.75 Å². The summed E-state index contributed by atoms with van der Waals surface area (Å²) in [6, 6.07) is 13.2. The molecule has 0 radical (unpaired) electrons. The maximum Gasteiger partial charge on any atom is 0.234 e. The molecule has 0 spiro atoms. The van der Waals surface area contributed by atoms with Crippen LogP contribution in [0.4, 0.5) is 5.69 Å². The van der Waals surface area contributed by atoms with Crippen LogP contribution in [0.2, 0.25) is 0 Å². The van der Waals surface area contributed by atoms with Gasteiger partial charge in [0.1, 0.15) is 5.75 Å². The number of rotatable bonds is 6. The number of carbonyl (C=O) groups is 1. The third-order valence-electron chi connectivity index (χ3n) is 3.93. The SMILES string of the molecule is COc1cccc(NC(=O)CSc2nnnn2-c2cccc(C)c2C)c1. The minimum Gasteiger partial charge on any atom is -0.497 e. The molecule has 2 aromatic carbocycles. The number of nitrogens with one attached hydrogen (secondary N) is 1. The monoisotopic (exact) mass is 369 g/mol. The summed E-state index contributed by atoms with van der Waals surface area (Å²) >= 11 is 1.28. The summed E-state index contributed by atoms with van der Waals surface area (Å²) in [5, 5.41) is 15.3. The van der Waals surface area contributed by atoms with Gasteiger partial charge in [0.15, 0.2) is 0 Å². The van der Waals surface area contributed by atoms with E-state index in [0.29, 0.717) is 16.6 Å². The molecule has 1 aromatic heterocycles. The van der Waals surface area contributed by atoms with Crippen molar-refractivity contribution in [1.82, 2.24) is 20.2 Å². The zero-order valence-electron chi connectivity index (χ0n) is 14.8. The van der Waals surface area contributed by atoms with Crippen molar-refractivity contribution in [3.63, 3.8) is 0 Å². The number of carbonyl (C=O) groups excluding carboxylic acids is 1. The number of ether oxygens (including phenoxy) is 1. The molecule has 0 atom stereocenters. The second-order valence-corrected chi connectivity index (χ2v) is 6.60. The molecule has 7 nitrogen and oxygen atoms in total. The van der Waals surface area contributed by atoms with E-state index in [-0.39, 0.29) is 11.7 Å². The van der Waals surface area contributed by atoms with Gasteiger partial charge in [-0.05, 0) is 53.6 Å². The molecule has 0 aliphatic heterocycles. The van der Waals surface area contributed by atoms with E-state index in [0.717, 1.165) is 16.8 Å². The van der Waals surface area contributed by atoms with E-state index in [1.54, 1.807) is 17.9 Å². The summed E-state index contributed by atoms with van der Waals surface area (Å²) in [7, 11) is 1.59. The number of hydrogen-bond donors (Lipinski definition) is 1. The minimum absolute atomic E-state index is 0.140. The van der Waals surface area contributed by atoms with Crippen LogP contribution in [-0.4, -0.2) is 39.0 Å². The Morgan fingerprint density at radius 3 is 2.85 bits per heavy atom. The van der Waals surface area contributed by atoms with Crippen molar-refractivity contribution in [2.45, 2.75) is 19.0 Å². The minimum atomic E-state index is -0.140. The Morgan fingerprint density at radius 2 is 2.04 bits per heavy atom. The van der Waals surface area contributed by atoms with E-state index in [1.165, 1.54) is 11.8 Å². The third-order valence-corrected chi connectivity index (χ3v) is 4.85. The third kappa shape index (κ3) is 4.02. The molecule has 0 bridgehead atoms. The van der Waals surface area contributed by atoms with Crippen LogP contribution < -0.4 is 10.1 Å². The van der Waals surface area contributed by atoms with Gasteiger partial charge in [0.05, 0.1) is 18.6 Å². The first-order valence-electron chi connectivity index (χ1n) is 8.00. The molecule has 0 saturated carbocycles. The maximum atomic E-state index is 12.2. The number of anilines is 1. The molecule has 1 N–H and O–H groups in total. The van der Waals surface area contributed by atoms with E-state index in [4.69, 9.17) is 4.74 Å². The molecule has 0 fully saturated rings. The van der Waals surface area contributed by atoms with Crippen molar-refractivity contribution in [2.75, 3.05) is 18.2 Å². The topological polar surface area (TPSA) is 81.9 Å². The van der Waals surface area contributed by atoms with Gasteiger partial charge in [-0.2, -0.15) is 4.68 Å². The average molecular weight is 369 g/mol. The Balaban J connectivity index is 1.68. The summed E-state index contributed by atoms with van der Waals surface area (Å²) < 4.78 is 6.81. The van der Waals surface area contributed by atoms with Crippen LogP contribution in [0.3, 0.4) is 0 Å². The van der Waals surface area contributed by atoms with Gasteiger partial charge in [-0.15, -0.1) is 5.10 Å². The van der Waals surface area contributed by atoms with E-state index < -0.39 is 0 Å². The van der Waals surface area contributed by atoms with Crippen LogP contribution in [0.1, 0.15) is 11.1 Å². The molecule has 1 heterocycles. The summed E-state index contributed by atoms with van der Waals surface area (Å²) in [5.74, 6) is 0.746. The molecule has 3 aromatic rings. The second kappa shape index (κ2) is 8.01. The molecule has 0 saturated heterocycles. The molecule has 3 rings (SSSR count). The fraction of sp³-hybridized carbons (Fsp3) is 0.222. The first-order chi connectivity index (χ1) is 12.6. The zero-order chi connectivity index (χ0) is 18.5. The lowest BCUT2D eigenvalue weighted by molar-refractivity contribution is -0.113. The van der Waals surface area contributed by atoms with Gasteiger partial charge in [0, 0.05) is 11.8 Å². The predicted octanol–water partition coefficient (Wildman–Crippen LogP) is 3.02. The lowest BCUT2D eigenvalue weighted by atomic mass is 10.1. The number of tetrazole rings is 1. The van der Waals surface area contributed by atoms with Crippen molar-refractivity contribution < 1.29 is 9.53 Å². The normalized spacial score (nSPS) is 10.6. The van der Waals surface area contributed by atoms with Crippen molar-refractivity contribution in [1.29, 1.82) is 0 Å². The molecular formula is C18H19N5O2S. The highest BCUT2D eigenvalue weighted by atomic mass is 32.2. The number of methoxy groups -OCH3 is 1.